The first-order chi connectivity index (χ1) is 13.1. The summed E-state index contributed by atoms with van der Waals surface area (Å²) in [6, 6.07) is 5.75. The molecule has 4 rings (SSSR count). The Morgan fingerprint density at radius 3 is 3.00 bits per heavy atom. The molecule has 3 heterocycles. The summed E-state index contributed by atoms with van der Waals surface area (Å²) < 4.78 is 10.8. The number of aliphatic carboxylic acids is 1. The molecule has 1 aromatic heterocycles. The molecule has 0 radical (unpaired) electrons. The monoisotopic (exact) mass is 371 g/mol. The molecular formula is C20H25N3O4. The zero-order chi connectivity index (χ0) is 18.8. The van der Waals surface area contributed by atoms with Gasteiger partial charge in [0.15, 0.2) is 11.5 Å². The van der Waals surface area contributed by atoms with Crippen LogP contribution in [0.3, 0.4) is 0 Å². The highest BCUT2D eigenvalue weighted by molar-refractivity contribution is 5.72. The van der Waals surface area contributed by atoms with Crippen molar-refractivity contribution in [2.75, 3.05) is 19.9 Å². The van der Waals surface area contributed by atoms with Crippen LogP contribution in [0.15, 0.2) is 24.4 Å². The summed E-state index contributed by atoms with van der Waals surface area (Å²) in [7, 11) is 0. The first-order valence-corrected chi connectivity index (χ1v) is 9.51. The van der Waals surface area contributed by atoms with Gasteiger partial charge in [-0.1, -0.05) is 19.4 Å². The topological polar surface area (TPSA) is 87.7 Å². The summed E-state index contributed by atoms with van der Waals surface area (Å²) in [5.74, 6) is 1.16. The van der Waals surface area contributed by atoms with Crippen LogP contribution in [-0.4, -0.2) is 45.8 Å². The number of hydrogen-bond acceptors (Lipinski definition) is 5. The number of carbonyl (C=O) groups is 1. The van der Waals surface area contributed by atoms with Gasteiger partial charge in [0.05, 0.1) is 5.92 Å². The number of imidazole rings is 1. The summed E-state index contributed by atoms with van der Waals surface area (Å²) in [6.07, 6.45) is 5.08. The molecule has 0 saturated carbocycles. The van der Waals surface area contributed by atoms with Gasteiger partial charge in [-0.05, 0) is 24.1 Å². The van der Waals surface area contributed by atoms with E-state index < -0.39 is 11.9 Å². The van der Waals surface area contributed by atoms with E-state index in [1.165, 1.54) is 0 Å². The van der Waals surface area contributed by atoms with Crippen LogP contribution in [0.25, 0.3) is 0 Å². The minimum Gasteiger partial charge on any atom is -0.481 e. The summed E-state index contributed by atoms with van der Waals surface area (Å²) in [6.45, 7) is 4.29. The van der Waals surface area contributed by atoms with Gasteiger partial charge < -0.3 is 19.6 Å². The molecule has 2 N–H and O–H groups in total. The molecule has 1 aromatic carbocycles. The van der Waals surface area contributed by atoms with E-state index in [-0.39, 0.29) is 12.7 Å². The van der Waals surface area contributed by atoms with E-state index in [0.717, 1.165) is 42.1 Å². The van der Waals surface area contributed by atoms with Crippen molar-refractivity contribution in [3.8, 4) is 11.5 Å². The van der Waals surface area contributed by atoms with Crippen molar-refractivity contribution < 1.29 is 19.4 Å². The molecule has 1 saturated heterocycles. The number of aryl methyl sites for hydroxylation is 1. The molecule has 0 amide bonds. The zero-order valence-corrected chi connectivity index (χ0v) is 15.5. The van der Waals surface area contributed by atoms with E-state index >= 15 is 0 Å². The number of carboxylic acids is 1. The molecule has 27 heavy (non-hydrogen) atoms. The Morgan fingerprint density at radius 1 is 1.33 bits per heavy atom. The van der Waals surface area contributed by atoms with Crippen molar-refractivity contribution in [1.29, 1.82) is 0 Å². The number of ether oxygens (including phenoxy) is 2. The second-order valence-electron chi connectivity index (χ2n) is 7.32. The molecule has 0 aliphatic carbocycles. The standard InChI is InChI=1S/C20H25N3O4/c1-2-3-4-19-21-8-14(22-19)9-23-10-15(16(11-23)20(24)25)13-5-6-17-18(7-13)27-12-26-17/h5-8,15-16H,2-4,9-12H2,1H3,(H,21,22)(H,24,25)/t15-,16+/m1/s1. The van der Waals surface area contributed by atoms with Gasteiger partial charge in [-0.3, -0.25) is 9.69 Å². The van der Waals surface area contributed by atoms with E-state index in [9.17, 15) is 9.90 Å². The minimum atomic E-state index is -0.756. The van der Waals surface area contributed by atoms with Crippen LogP contribution >= 0.6 is 0 Å². The zero-order valence-electron chi connectivity index (χ0n) is 15.5. The fourth-order valence-electron chi connectivity index (χ4n) is 3.94. The molecule has 2 aliphatic rings. The maximum Gasteiger partial charge on any atom is 0.308 e. The number of hydrogen-bond donors (Lipinski definition) is 2. The summed E-state index contributed by atoms with van der Waals surface area (Å²) in [4.78, 5) is 21.8. The largest absolute Gasteiger partial charge is 0.481 e. The number of H-pyrrole nitrogens is 1. The molecule has 144 valence electrons. The number of fused-ring (bicyclic) bond motifs is 1. The first kappa shape index (κ1) is 17.9. The highest BCUT2D eigenvalue weighted by Gasteiger charge is 2.39. The Balaban J connectivity index is 1.47. The van der Waals surface area contributed by atoms with Crippen LogP contribution in [0.2, 0.25) is 0 Å². The normalized spacial score (nSPS) is 21.7. The molecule has 2 atom stereocenters. The number of aromatic amines is 1. The highest BCUT2D eigenvalue weighted by atomic mass is 16.7. The molecule has 7 nitrogen and oxygen atoms in total. The Labute approximate surface area is 158 Å². The van der Waals surface area contributed by atoms with Gasteiger partial charge in [-0.25, -0.2) is 4.98 Å². The summed E-state index contributed by atoms with van der Waals surface area (Å²) in [5.41, 5.74) is 2.03. The number of rotatable bonds is 7. The quantitative estimate of drug-likeness (QED) is 0.778. The average molecular weight is 371 g/mol. The number of likely N-dealkylation sites (tertiary alicyclic amines) is 1. The van der Waals surface area contributed by atoms with Crippen molar-refractivity contribution in [3.63, 3.8) is 0 Å². The van der Waals surface area contributed by atoms with Crippen molar-refractivity contribution in [1.82, 2.24) is 14.9 Å². The molecule has 0 bridgehead atoms. The van der Waals surface area contributed by atoms with Gasteiger partial charge in [0.2, 0.25) is 6.79 Å². The number of aromatic nitrogens is 2. The van der Waals surface area contributed by atoms with Gasteiger partial charge in [0.25, 0.3) is 0 Å². The van der Waals surface area contributed by atoms with Crippen LogP contribution in [0.1, 0.15) is 42.8 Å². The Hall–Kier alpha value is -2.54. The third kappa shape index (κ3) is 3.78. The van der Waals surface area contributed by atoms with E-state index in [1.54, 1.807) is 0 Å². The lowest BCUT2D eigenvalue weighted by atomic mass is 9.89. The number of unbranched alkanes of at least 4 members (excludes halogenated alkanes) is 1. The molecule has 0 unspecified atom stereocenters. The maximum absolute atomic E-state index is 11.8. The van der Waals surface area contributed by atoms with Gasteiger partial charge in [-0.15, -0.1) is 0 Å². The van der Waals surface area contributed by atoms with Gasteiger partial charge in [0, 0.05) is 43.9 Å². The van der Waals surface area contributed by atoms with E-state index in [1.807, 2.05) is 24.4 Å². The number of benzene rings is 1. The number of nitrogens with one attached hydrogen (secondary N) is 1. The summed E-state index contributed by atoms with van der Waals surface area (Å²) >= 11 is 0. The van der Waals surface area contributed by atoms with Crippen molar-refractivity contribution >= 4 is 5.97 Å². The van der Waals surface area contributed by atoms with Crippen LogP contribution in [0, 0.1) is 5.92 Å². The van der Waals surface area contributed by atoms with Crippen molar-refractivity contribution in [2.24, 2.45) is 5.92 Å². The van der Waals surface area contributed by atoms with Crippen molar-refractivity contribution in [3.05, 3.63) is 41.5 Å². The number of nitrogens with zero attached hydrogens (tertiary/aromatic N) is 2. The molecule has 0 spiro atoms. The predicted octanol–water partition coefficient (Wildman–Crippen LogP) is 2.78. The predicted molar refractivity (Wildman–Crippen MR) is 98.9 cm³/mol. The lowest BCUT2D eigenvalue weighted by molar-refractivity contribution is -0.141. The third-order valence-corrected chi connectivity index (χ3v) is 5.38. The smallest absolute Gasteiger partial charge is 0.308 e. The first-order valence-electron chi connectivity index (χ1n) is 9.51. The van der Waals surface area contributed by atoms with Gasteiger partial charge in [0.1, 0.15) is 5.82 Å². The Bertz CT molecular complexity index is 819. The Kier molecular flexibility index (Phi) is 5.03. The van der Waals surface area contributed by atoms with Crippen LogP contribution in [0.5, 0.6) is 11.5 Å². The summed E-state index contributed by atoms with van der Waals surface area (Å²) in [5, 5.41) is 9.72. The highest BCUT2D eigenvalue weighted by Crippen LogP contribution is 2.39. The lowest BCUT2D eigenvalue weighted by Crippen LogP contribution is -2.23. The van der Waals surface area contributed by atoms with E-state index in [0.29, 0.717) is 25.4 Å². The fourth-order valence-corrected chi connectivity index (χ4v) is 3.94. The second kappa shape index (κ2) is 7.60. The van der Waals surface area contributed by atoms with Crippen LogP contribution in [0.4, 0.5) is 0 Å². The van der Waals surface area contributed by atoms with E-state index in [4.69, 9.17) is 9.47 Å². The van der Waals surface area contributed by atoms with Crippen molar-refractivity contribution in [2.45, 2.75) is 38.6 Å². The van der Waals surface area contributed by atoms with Crippen LogP contribution in [-0.2, 0) is 17.8 Å². The molecule has 2 aliphatic heterocycles. The third-order valence-electron chi connectivity index (χ3n) is 5.38. The SMILES string of the molecule is CCCCc1ncc(CN2C[C@H](C(=O)O)[C@@H](c3ccc4c(c3)OCO4)C2)[nH]1. The minimum absolute atomic E-state index is 0.0699. The fraction of sp³-hybridized carbons (Fsp3) is 0.500. The molecule has 1 fully saturated rings. The van der Waals surface area contributed by atoms with E-state index in [2.05, 4.69) is 21.8 Å². The maximum atomic E-state index is 11.8. The molecule has 2 aromatic rings. The molecular weight excluding hydrogens is 346 g/mol. The van der Waals surface area contributed by atoms with Crippen LogP contribution < -0.4 is 9.47 Å². The molecule has 7 heteroatoms. The Morgan fingerprint density at radius 2 is 2.19 bits per heavy atom. The lowest BCUT2D eigenvalue weighted by Gasteiger charge is -2.16. The van der Waals surface area contributed by atoms with Gasteiger partial charge in [-0.2, -0.15) is 0 Å². The average Bonchev–Trinajstić information content (AvgIpc) is 3.39. The number of carboxylic acid groups (broad SMARTS) is 1. The second-order valence-corrected chi connectivity index (χ2v) is 7.32. The van der Waals surface area contributed by atoms with Gasteiger partial charge >= 0.3 is 5.97 Å².